The van der Waals surface area contributed by atoms with Gasteiger partial charge in [-0.2, -0.15) is 0 Å². The molecule has 3 aromatic heterocycles. The first-order valence-electron chi connectivity index (χ1n) is 11.7. The second-order valence-corrected chi connectivity index (χ2v) is 8.81. The molecule has 1 aromatic carbocycles. The number of aryl methyl sites for hydroxylation is 1. The average molecular weight is 509 g/mol. The molecule has 12 heteroatoms. The summed E-state index contributed by atoms with van der Waals surface area (Å²) >= 11 is 0. The van der Waals surface area contributed by atoms with E-state index in [-0.39, 0.29) is 28.2 Å². The number of H-pyrrole nitrogens is 1. The summed E-state index contributed by atoms with van der Waals surface area (Å²) < 4.78 is 35.4. The Balaban J connectivity index is 1.44. The molecule has 0 spiro atoms. The number of nitrogens with zero attached hydrogens (tertiary/aromatic N) is 5. The van der Waals surface area contributed by atoms with Crippen LogP contribution in [0.3, 0.4) is 0 Å². The summed E-state index contributed by atoms with van der Waals surface area (Å²) in [6.45, 7) is 5.45. The molecule has 37 heavy (non-hydrogen) atoms. The lowest BCUT2D eigenvalue weighted by Crippen LogP contribution is -2.44. The van der Waals surface area contributed by atoms with Crippen molar-refractivity contribution in [3.63, 3.8) is 0 Å². The third-order valence-electron chi connectivity index (χ3n) is 6.24. The second kappa shape index (κ2) is 9.97. The van der Waals surface area contributed by atoms with Crippen LogP contribution in [-0.4, -0.2) is 71.0 Å². The van der Waals surface area contributed by atoms with Gasteiger partial charge in [-0.3, -0.25) is 4.79 Å². The smallest absolute Gasteiger partial charge is 0.260 e. The number of likely N-dealkylation sites (N-methyl/N-ethyl adjacent to an activating group) is 1. The number of fused-ring (bicyclic) bond motifs is 1. The van der Waals surface area contributed by atoms with Crippen molar-refractivity contribution >= 4 is 34.1 Å². The van der Waals surface area contributed by atoms with E-state index in [2.05, 4.69) is 47.4 Å². The van der Waals surface area contributed by atoms with E-state index < -0.39 is 23.3 Å². The molecule has 4 heterocycles. The van der Waals surface area contributed by atoms with E-state index in [9.17, 15) is 9.18 Å². The molecule has 4 aromatic rings. The molecule has 1 aliphatic rings. The van der Waals surface area contributed by atoms with Crippen molar-refractivity contribution in [2.75, 3.05) is 50.5 Å². The van der Waals surface area contributed by atoms with Crippen LogP contribution in [0, 0.1) is 18.6 Å². The minimum Gasteiger partial charge on any atom is -0.435 e. The normalized spacial score (nSPS) is 14.1. The highest BCUT2D eigenvalue weighted by molar-refractivity contribution is 6.01. The molecule has 3 N–H and O–H groups in total. The van der Waals surface area contributed by atoms with Gasteiger partial charge in [0.1, 0.15) is 17.7 Å². The number of hydrogen-bond acceptors (Lipinski definition) is 8. The van der Waals surface area contributed by atoms with E-state index in [1.165, 1.54) is 13.1 Å². The number of piperazine rings is 1. The van der Waals surface area contributed by atoms with Gasteiger partial charge in [-0.1, -0.05) is 0 Å². The Morgan fingerprint density at radius 2 is 1.89 bits per heavy atom. The van der Waals surface area contributed by atoms with Gasteiger partial charge >= 0.3 is 0 Å². The predicted octanol–water partition coefficient (Wildman–Crippen LogP) is 3.59. The van der Waals surface area contributed by atoms with Crippen LogP contribution >= 0.6 is 0 Å². The van der Waals surface area contributed by atoms with E-state index in [1.807, 2.05) is 6.07 Å². The van der Waals surface area contributed by atoms with Gasteiger partial charge in [0.15, 0.2) is 23.2 Å². The molecule has 0 aliphatic carbocycles. The van der Waals surface area contributed by atoms with Crippen molar-refractivity contribution in [2.24, 2.45) is 0 Å². The lowest BCUT2D eigenvalue weighted by Gasteiger charge is -2.33. The number of ether oxygens (including phenoxy) is 1. The molecule has 1 fully saturated rings. The predicted molar refractivity (Wildman–Crippen MR) is 136 cm³/mol. The molecular weight excluding hydrogens is 482 g/mol. The summed E-state index contributed by atoms with van der Waals surface area (Å²) in [4.78, 5) is 32.7. The number of nitrogens with one attached hydrogen (secondary N) is 3. The van der Waals surface area contributed by atoms with Crippen LogP contribution in [0.15, 0.2) is 36.8 Å². The van der Waals surface area contributed by atoms with Crippen LogP contribution in [0.5, 0.6) is 11.6 Å². The Bertz CT molecular complexity index is 1450. The molecule has 0 radical (unpaired) electrons. The zero-order valence-corrected chi connectivity index (χ0v) is 20.6. The number of benzene rings is 1. The third-order valence-corrected chi connectivity index (χ3v) is 6.24. The number of anilines is 3. The highest BCUT2D eigenvalue weighted by Crippen LogP contribution is 2.34. The first kappa shape index (κ1) is 24.4. The molecule has 10 nitrogen and oxygen atoms in total. The van der Waals surface area contributed by atoms with Crippen molar-refractivity contribution in [1.82, 2.24) is 30.2 Å². The Hall–Kier alpha value is -4.32. The molecule has 0 unspecified atom stereocenters. The van der Waals surface area contributed by atoms with Gasteiger partial charge in [-0.05, 0) is 32.2 Å². The second-order valence-electron chi connectivity index (χ2n) is 8.81. The molecule has 0 atom stereocenters. The van der Waals surface area contributed by atoms with Crippen LogP contribution in [0.1, 0.15) is 16.1 Å². The highest BCUT2D eigenvalue weighted by Gasteiger charge is 2.24. The Kier molecular flexibility index (Phi) is 6.57. The monoisotopic (exact) mass is 508 g/mol. The molecular formula is C25H26F2N8O2. The van der Waals surface area contributed by atoms with Crippen molar-refractivity contribution < 1.29 is 18.3 Å². The van der Waals surface area contributed by atoms with E-state index in [0.717, 1.165) is 44.3 Å². The third kappa shape index (κ3) is 4.87. The summed E-state index contributed by atoms with van der Waals surface area (Å²) in [5.74, 6) is -2.16. The number of hydrogen-bond donors (Lipinski definition) is 3. The van der Waals surface area contributed by atoms with Crippen molar-refractivity contribution in [3.05, 3.63) is 59.7 Å². The number of pyridine rings is 1. The van der Waals surface area contributed by atoms with Crippen LogP contribution in [0.25, 0.3) is 10.9 Å². The average Bonchev–Trinajstić information content (AvgIpc) is 3.30. The van der Waals surface area contributed by atoms with Gasteiger partial charge in [0.2, 0.25) is 5.88 Å². The Morgan fingerprint density at radius 1 is 1.11 bits per heavy atom. The lowest BCUT2D eigenvalue weighted by molar-refractivity contribution is 0.0960. The molecule has 1 amide bonds. The van der Waals surface area contributed by atoms with Crippen LogP contribution < -0.4 is 20.3 Å². The maximum Gasteiger partial charge on any atom is 0.260 e. The van der Waals surface area contributed by atoms with E-state index >= 15 is 4.39 Å². The van der Waals surface area contributed by atoms with Crippen LogP contribution in [0.2, 0.25) is 0 Å². The van der Waals surface area contributed by atoms with Gasteiger partial charge in [0.05, 0.1) is 17.4 Å². The zero-order valence-electron chi connectivity index (χ0n) is 20.6. The highest BCUT2D eigenvalue weighted by atomic mass is 19.1. The quantitative estimate of drug-likeness (QED) is 0.363. The fourth-order valence-electron chi connectivity index (χ4n) is 4.22. The van der Waals surface area contributed by atoms with Gasteiger partial charge in [-0.15, -0.1) is 0 Å². The van der Waals surface area contributed by atoms with Crippen molar-refractivity contribution in [1.29, 1.82) is 0 Å². The van der Waals surface area contributed by atoms with Gasteiger partial charge < -0.3 is 30.2 Å². The van der Waals surface area contributed by atoms with E-state index in [1.54, 1.807) is 19.2 Å². The van der Waals surface area contributed by atoms with E-state index in [4.69, 9.17) is 4.74 Å². The largest absolute Gasteiger partial charge is 0.435 e. The summed E-state index contributed by atoms with van der Waals surface area (Å²) in [5.41, 5.74) is 1.53. The summed E-state index contributed by atoms with van der Waals surface area (Å²) in [5, 5.41) is 5.55. The Labute approximate surface area is 211 Å². The van der Waals surface area contributed by atoms with Crippen LogP contribution in [-0.2, 0) is 0 Å². The molecule has 1 saturated heterocycles. The lowest BCUT2D eigenvalue weighted by atomic mass is 10.2. The number of carbonyl (C=O) groups excluding carboxylic acids is 1. The molecule has 5 rings (SSSR count). The van der Waals surface area contributed by atoms with Crippen LogP contribution in [0.4, 0.5) is 26.1 Å². The number of halogens is 2. The fourth-order valence-corrected chi connectivity index (χ4v) is 4.22. The first-order chi connectivity index (χ1) is 17.8. The minimum absolute atomic E-state index is 0.0324. The van der Waals surface area contributed by atoms with Gasteiger partial charge in [-0.25, -0.2) is 23.7 Å². The standard InChI is InChI=1S/C25H26F2N8O2/c1-14-10-16-21(27)18(11-17(26)22(16)32-14)37-25-20(24(36)28-2)23(30-13-31-25)33-19-5-4-15(12-29-19)35-8-6-34(3)7-9-35/h4-5,10-13,32H,6-9H2,1-3H3,(H,28,36)(H,29,30,31,33). The fraction of sp³-hybridized carbons (Fsp3) is 0.280. The molecule has 0 saturated carbocycles. The molecule has 192 valence electrons. The zero-order chi connectivity index (χ0) is 26.1. The maximum atomic E-state index is 15.1. The summed E-state index contributed by atoms with van der Waals surface area (Å²) in [6, 6.07) is 6.10. The minimum atomic E-state index is -0.780. The molecule has 0 bridgehead atoms. The number of aromatic nitrogens is 4. The van der Waals surface area contributed by atoms with Crippen molar-refractivity contribution in [3.8, 4) is 11.6 Å². The Morgan fingerprint density at radius 3 is 2.59 bits per heavy atom. The number of rotatable bonds is 6. The number of carbonyl (C=O) groups is 1. The SMILES string of the molecule is CNC(=O)c1c(Nc2ccc(N3CCN(C)CC3)cn2)ncnc1Oc1cc(F)c2[nH]c(C)cc2c1F. The van der Waals surface area contributed by atoms with E-state index in [0.29, 0.717) is 11.5 Å². The maximum absolute atomic E-state index is 15.1. The van der Waals surface area contributed by atoms with Gasteiger partial charge in [0.25, 0.3) is 5.91 Å². The summed E-state index contributed by atoms with van der Waals surface area (Å²) in [7, 11) is 3.53. The van der Waals surface area contributed by atoms with Crippen molar-refractivity contribution in [2.45, 2.75) is 6.92 Å². The summed E-state index contributed by atoms with van der Waals surface area (Å²) in [6.07, 6.45) is 2.91. The first-order valence-corrected chi connectivity index (χ1v) is 11.7. The number of aromatic amines is 1. The topological polar surface area (TPSA) is 111 Å². The molecule has 1 aliphatic heterocycles. The van der Waals surface area contributed by atoms with Gasteiger partial charge in [0, 0.05) is 50.4 Å². The number of amides is 1.